The van der Waals surface area contributed by atoms with Crippen molar-refractivity contribution in [3.8, 4) is 33.4 Å². The van der Waals surface area contributed by atoms with E-state index in [-0.39, 0.29) is 0 Å². The maximum Gasteiger partial charge on any atom is 0.142 e. The molecule has 0 aliphatic heterocycles. The summed E-state index contributed by atoms with van der Waals surface area (Å²) in [5, 5.41) is 8.06. The van der Waals surface area contributed by atoms with Gasteiger partial charge in [0, 0.05) is 27.3 Å². The minimum Gasteiger partial charge on any atom is -0.464 e. The highest BCUT2D eigenvalue weighted by Gasteiger charge is 2.22. The molecule has 0 aliphatic rings. The van der Waals surface area contributed by atoms with Crippen LogP contribution in [0.3, 0.4) is 0 Å². The third-order valence-corrected chi connectivity index (χ3v) is 8.54. The molecule has 9 aromatic rings. The first-order valence-corrected chi connectivity index (χ1v) is 14.3. The molecule has 0 aliphatic carbocycles. The van der Waals surface area contributed by atoms with Gasteiger partial charge in [-0.2, -0.15) is 0 Å². The second-order valence-electron chi connectivity index (χ2n) is 10.8. The Hall–Kier alpha value is -5.60. The highest BCUT2D eigenvalue weighted by atomic mass is 16.3. The molecule has 2 nitrogen and oxygen atoms in total. The third-order valence-electron chi connectivity index (χ3n) is 8.54. The molecule has 0 radical (unpaired) electrons. The summed E-state index contributed by atoms with van der Waals surface area (Å²) in [6.07, 6.45) is 1.79. The van der Waals surface area contributed by atoms with Crippen molar-refractivity contribution in [3.63, 3.8) is 0 Å². The molecule has 0 unspecified atom stereocenters. The molecule has 0 saturated carbocycles. The van der Waals surface area contributed by atoms with Gasteiger partial charge in [0.15, 0.2) is 0 Å². The fraction of sp³-hybridized carbons (Fsp3) is 0. The lowest BCUT2D eigenvalue weighted by atomic mass is 9.85. The third kappa shape index (κ3) is 3.33. The highest BCUT2D eigenvalue weighted by Crippen LogP contribution is 2.48. The van der Waals surface area contributed by atoms with Crippen LogP contribution in [0.15, 0.2) is 155 Å². The van der Waals surface area contributed by atoms with Gasteiger partial charge in [-0.05, 0) is 68.1 Å². The molecule has 0 bridgehead atoms. The Labute approximate surface area is 242 Å². The SMILES string of the molecule is c1ccc(-c2cccc(-c3c4ccccc4c(-c4cc5oc6ccccc6c5c5ccoc45)c4ccccc34)c2)cc1. The Morgan fingerprint density at radius 1 is 0.381 bits per heavy atom. The number of rotatable bonds is 3. The Morgan fingerprint density at radius 2 is 0.976 bits per heavy atom. The number of hydrogen-bond donors (Lipinski definition) is 0. The van der Waals surface area contributed by atoms with Gasteiger partial charge in [-0.3, -0.25) is 0 Å². The van der Waals surface area contributed by atoms with Crippen molar-refractivity contribution in [3.05, 3.63) is 146 Å². The quantitative estimate of drug-likeness (QED) is 0.210. The first-order chi connectivity index (χ1) is 20.8. The molecular formula is C40H24O2. The molecule has 2 aromatic heterocycles. The summed E-state index contributed by atoms with van der Waals surface area (Å²) in [6, 6.07) is 49.4. The van der Waals surface area contributed by atoms with Crippen LogP contribution in [0.1, 0.15) is 0 Å². The number of fused-ring (bicyclic) bond motifs is 7. The molecule has 0 amide bonds. The van der Waals surface area contributed by atoms with E-state index in [2.05, 4.69) is 127 Å². The second kappa shape index (κ2) is 8.95. The van der Waals surface area contributed by atoms with Crippen LogP contribution in [0.5, 0.6) is 0 Å². The molecule has 0 atom stereocenters. The molecular weight excluding hydrogens is 512 g/mol. The fourth-order valence-corrected chi connectivity index (χ4v) is 6.76. The molecule has 7 aromatic carbocycles. The van der Waals surface area contributed by atoms with E-state index in [1.807, 2.05) is 12.1 Å². The van der Waals surface area contributed by atoms with E-state index in [0.717, 1.165) is 44.0 Å². The standard InChI is InChI=1S/C40H24O2/c1-2-11-25(12-3-1)26-13-10-14-27(23-26)37-28-15-4-6-17-30(28)38(31-18-7-5-16-29(31)37)34-24-36-39(33-21-22-41-40(33)34)32-19-8-9-20-35(32)42-36/h1-24H. The molecule has 42 heavy (non-hydrogen) atoms. The van der Waals surface area contributed by atoms with Crippen molar-refractivity contribution < 1.29 is 8.83 Å². The van der Waals surface area contributed by atoms with Crippen LogP contribution in [0.25, 0.3) is 87.8 Å². The maximum absolute atomic E-state index is 6.42. The van der Waals surface area contributed by atoms with Crippen LogP contribution >= 0.6 is 0 Å². The molecule has 0 spiro atoms. The Kier molecular flexibility index (Phi) is 4.93. The zero-order chi connectivity index (χ0) is 27.6. The van der Waals surface area contributed by atoms with Gasteiger partial charge in [-0.1, -0.05) is 115 Å². The minimum atomic E-state index is 0.868. The molecule has 0 saturated heterocycles. The first kappa shape index (κ1) is 23.1. The summed E-state index contributed by atoms with van der Waals surface area (Å²) in [5.41, 5.74) is 9.69. The topological polar surface area (TPSA) is 26.3 Å². The average molecular weight is 537 g/mol. The highest BCUT2D eigenvalue weighted by molar-refractivity contribution is 6.27. The van der Waals surface area contributed by atoms with Crippen LogP contribution < -0.4 is 0 Å². The van der Waals surface area contributed by atoms with Gasteiger partial charge in [0.1, 0.15) is 16.7 Å². The van der Waals surface area contributed by atoms with Crippen molar-refractivity contribution in [2.75, 3.05) is 0 Å². The summed E-state index contributed by atoms with van der Waals surface area (Å²) in [4.78, 5) is 0. The lowest BCUT2D eigenvalue weighted by molar-refractivity contribution is 0.616. The average Bonchev–Trinajstić information content (AvgIpc) is 3.69. The predicted molar refractivity (Wildman–Crippen MR) is 175 cm³/mol. The second-order valence-corrected chi connectivity index (χ2v) is 10.8. The number of hydrogen-bond acceptors (Lipinski definition) is 2. The van der Waals surface area contributed by atoms with Crippen LogP contribution in [0, 0.1) is 0 Å². The van der Waals surface area contributed by atoms with Crippen molar-refractivity contribution >= 4 is 54.5 Å². The number of benzene rings is 7. The lowest BCUT2D eigenvalue weighted by Crippen LogP contribution is -1.91. The van der Waals surface area contributed by atoms with Gasteiger partial charge in [0.05, 0.1) is 6.26 Å². The normalized spacial score (nSPS) is 11.8. The molecule has 9 rings (SSSR count). The van der Waals surface area contributed by atoms with Crippen molar-refractivity contribution in [1.29, 1.82) is 0 Å². The van der Waals surface area contributed by atoms with Crippen LogP contribution in [0.2, 0.25) is 0 Å². The van der Waals surface area contributed by atoms with Crippen molar-refractivity contribution in [2.45, 2.75) is 0 Å². The van der Waals surface area contributed by atoms with Gasteiger partial charge in [-0.25, -0.2) is 0 Å². The Morgan fingerprint density at radius 3 is 1.71 bits per heavy atom. The maximum atomic E-state index is 6.42. The van der Waals surface area contributed by atoms with Gasteiger partial charge < -0.3 is 8.83 Å². The molecule has 2 heterocycles. The number of para-hydroxylation sites is 1. The van der Waals surface area contributed by atoms with Crippen molar-refractivity contribution in [1.82, 2.24) is 0 Å². The van der Waals surface area contributed by atoms with Gasteiger partial charge in [-0.15, -0.1) is 0 Å². The summed E-state index contributed by atoms with van der Waals surface area (Å²) < 4.78 is 12.7. The van der Waals surface area contributed by atoms with E-state index >= 15 is 0 Å². The largest absolute Gasteiger partial charge is 0.464 e. The lowest BCUT2D eigenvalue weighted by Gasteiger charge is -2.18. The minimum absolute atomic E-state index is 0.868. The Balaban J connectivity index is 1.40. The summed E-state index contributed by atoms with van der Waals surface area (Å²) in [7, 11) is 0. The summed E-state index contributed by atoms with van der Waals surface area (Å²) >= 11 is 0. The van der Waals surface area contributed by atoms with Crippen molar-refractivity contribution in [2.24, 2.45) is 0 Å². The fourth-order valence-electron chi connectivity index (χ4n) is 6.76. The van der Waals surface area contributed by atoms with Crippen LogP contribution in [-0.2, 0) is 0 Å². The molecule has 2 heteroatoms. The Bertz CT molecular complexity index is 2400. The van der Waals surface area contributed by atoms with E-state index in [1.165, 1.54) is 43.8 Å². The molecule has 0 fully saturated rings. The van der Waals surface area contributed by atoms with E-state index in [1.54, 1.807) is 6.26 Å². The molecule has 196 valence electrons. The van der Waals surface area contributed by atoms with E-state index in [4.69, 9.17) is 8.83 Å². The van der Waals surface area contributed by atoms with E-state index in [9.17, 15) is 0 Å². The predicted octanol–water partition coefficient (Wildman–Crippen LogP) is 11.6. The molecule has 0 N–H and O–H groups in total. The summed E-state index contributed by atoms with van der Waals surface area (Å²) in [5.74, 6) is 0. The smallest absolute Gasteiger partial charge is 0.142 e. The van der Waals surface area contributed by atoms with Gasteiger partial charge in [0.25, 0.3) is 0 Å². The first-order valence-electron chi connectivity index (χ1n) is 14.3. The monoisotopic (exact) mass is 536 g/mol. The van der Waals surface area contributed by atoms with Gasteiger partial charge in [0.2, 0.25) is 0 Å². The van der Waals surface area contributed by atoms with Crippen LogP contribution in [-0.4, -0.2) is 0 Å². The summed E-state index contributed by atoms with van der Waals surface area (Å²) in [6.45, 7) is 0. The zero-order valence-corrected chi connectivity index (χ0v) is 22.7. The van der Waals surface area contributed by atoms with Crippen LogP contribution in [0.4, 0.5) is 0 Å². The van der Waals surface area contributed by atoms with E-state index in [0.29, 0.717) is 0 Å². The number of furan rings is 2. The van der Waals surface area contributed by atoms with Gasteiger partial charge >= 0.3 is 0 Å². The zero-order valence-electron chi connectivity index (χ0n) is 22.7. The van der Waals surface area contributed by atoms with E-state index < -0.39 is 0 Å².